The van der Waals surface area contributed by atoms with Gasteiger partial charge in [-0.25, -0.2) is 13.2 Å². The van der Waals surface area contributed by atoms with E-state index in [2.05, 4.69) is 15.8 Å². The lowest BCUT2D eigenvalue weighted by molar-refractivity contribution is 0.0470. The summed E-state index contributed by atoms with van der Waals surface area (Å²) in [6.45, 7) is 3.40. The highest BCUT2D eigenvalue weighted by Crippen LogP contribution is 2.15. The average molecular weight is 348 g/mol. The highest BCUT2D eigenvalue weighted by atomic mass is 32.2. The van der Waals surface area contributed by atoms with E-state index in [-0.39, 0.29) is 23.6 Å². The van der Waals surface area contributed by atoms with Crippen molar-refractivity contribution in [1.29, 1.82) is 0 Å². The molecule has 0 radical (unpaired) electrons. The molecule has 0 unspecified atom stereocenters. The molecule has 7 nitrogen and oxygen atoms in total. The minimum atomic E-state index is -3.69. The number of rotatable bonds is 6. The van der Waals surface area contributed by atoms with E-state index in [9.17, 15) is 13.2 Å². The van der Waals surface area contributed by atoms with E-state index < -0.39 is 16.0 Å². The van der Waals surface area contributed by atoms with Crippen molar-refractivity contribution in [2.75, 3.05) is 6.54 Å². The molecule has 8 heteroatoms. The zero-order chi connectivity index (χ0) is 17.7. The quantitative estimate of drug-likeness (QED) is 0.628. The van der Waals surface area contributed by atoms with Crippen molar-refractivity contribution < 1.29 is 22.5 Å². The van der Waals surface area contributed by atoms with Gasteiger partial charge in [-0.2, -0.15) is 4.72 Å². The molecule has 0 spiro atoms. The predicted octanol–water partition coefficient (Wildman–Crippen LogP) is 1.56. The Labute approximate surface area is 140 Å². The van der Waals surface area contributed by atoms with Crippen molar-refractivity contribution in [3.05, 3.63) is 46.8 Å². The van der Waals surface area contributed by atoms with Crippen molar-refractivity contribution in [1.82, 2.24) is 9.88 Å². The number of carbonyl (C=O) groups is 1. The molecular formula is C16H16N2O5S. The number of nitrogens with zero attached hydrogens (tertiary/aromatic N) is 1. The smallest absolute Gasteiger partial charge is 0.338 e. The number of sulfonamides is 1. The first kappa shape index (κ1) is 17.7. The summed E-state index contributed by atoms with van der Waals surface area (Å²) in [6, 6.07) is 5.37. The van der Waals surface area contributed by atoms with Crippen LogP contribution in [-0.2, 0) is 21.4 Å². The average Bonchev–Trinajstić information content (AvgIpc) is 2.89. The summed E-state index contributed by atoms with van der Waals surface area (Å²) in [4.78, 5) is 12.0. The largest absolute Gasteiger partial charge is 0.457 e. The van der Waals surface area contributed by atoms with Crippen molar-refractivity contribution in [2.45, 2.75) is 25.3 Å². The van der Waals surface area contributed by atoms with Gasteiger partial charge in [0.1, 0.15) is 12.4 Å². The molecule has 0 aliphatic rings. The Hall–Kier alpha value is -2.63. The van der Waals surface area contributed by atoms with E-state index in [0.717, 1.165) is 0 Å². The molecule has 24 heavy (non-hydrogen) atoms. The molecule has 0 fully saturated rings. The summed E-state index contributed by atoms with van der Waals surface area (Å²) in [5.41, 5.74) is 1.60. The lowest BCUT2D eigenvalue weighted by Gasteiger charge is -2.06. The molecule has 1 aromatic carbocycles. The molecule has 126 valence electrons. The van der Waals surface area contributed by atoms with Crippen LogP contribution in [0.1, 0.15) is 27.4 Å². The van der Waals surface area contributed by atoms with Gasteiger partial charge in [-0.05, 0) is 38.1 Å². The number of esters is 1. The maximum atomic E-state index is 12.0. The molecule has 0 saturated heterocycles. The molecule has 2 rings (SSSR count). The van der Waals surface area contributed by atoms with Crippen molar-refractivity contribution in [2.24, 2.45) is 0 Å². The van der Waals surface area contributed by atoms with Gasteiger partial charge in [0.2, 0.25) is 10.0 Å². The molecule has 1 aromatic heterocycles. The van der Waals surface area contributed by atoms with Gasteiger partial charge in [0.15, 0.2) is 0 Å². The fourth-order valence-electron chi connectivity index (χ4n) is 1.92. The first-order valence-corrected chi connectivity index (χ1v) is 8.45. The molecule has 2 aromatic rings. The van der Waals surface area contributed by atoms with Crippen LogP contribution in [0.4, 0.5) is 0 Å². The first-order chi connectivity index (χ1) is 11.3. The number of aromatic nitrogens is 1. The third-order valence-corrected chi connectivity index (χ3v) is 4.71. The second kappa shape index (κ2) is 7.29. The topological polar surface area (TPSA) is 98.5 Å². The van der Waals surface area contributed by atoms with Crippen molar-refractivity contribution >= 4 is 16.0 Å². The highest BCUT2D eigenvalue weighted by molar-refractivity contribution is 7.89. The molecule has 0 atom stereocenters. The second-order valence-corrected chi connectivity index (χ2v) is 6.70. The van der Waals surface area contributed by atoms with Crippen LogP contribution < -0.4 is 4.72 Å². The van der Waals surface area contributed by atoms with Gasteiger partial charge < -0.3 is 9.26 Å². The summed E-state index contributed by atoms with van der Waals surface area (Å²) in [5.74, 6) is 2.20. The van der Waals surface area contributed by atoms with Crippen LogP contribution in [-0.4, -0.2) is 26.1 Å². The maximum Gasteiger partial charge on any atom is 0.338 e. The van der Waals surface area contributed by atoms with E-state index in [4.69, 9.17) is 15.7 Å². The summed E-state index contributed by atoms with van der Waals surface area (Å²) in [6.07, 6.45) is 5.02. The summed E-state index contributed by atoms with van der Waals surface area (Å²) < 4.78 is 36.2. The first-order valence-electron chi connectivity index (χ1n) is 6.97. The monoisotopic (exact) mass is 348 g/mol. The Bertz CT molecular complexity index is 857. The van der Waals surface area contributed by atoms with Crippen molar-refractivity contribution in [3.63, 3.8) is 0 Å². The standard InChI is InChI=1S/C16H16N2O5S/c1-4-9-17-24(20,21)14-7-5-13(6-8-14)16(19)22-10-15-11(2)18-23-12(15)3/h1,5-8,17H,9-10H2,2-3H3. The number of benzene rings is 1. The lowest BCUT2D eigenvalue weighted by atomic mass is 10.2. The van der Waals surface area contributed by atoms with E-state index >= 15 is 0 Å². The predicted molar refractivity (Wildman–Crippen MR) is 85.6 cm³/mol. The third-order valence-electron chi connectivity index (χ3n) is 3.29. The molecule has 1 heterocycles. The van der Waals surface area contributed by atoms with Crippen LogP contribution in [0.2, 0.25) is 0 Å². The number of terminal acetylenes is 1. The minimum absolute atomic E-state index is 0.0139. The van der Waals surface area contributed by atoms with Gasteiger partial charge in [-0.15, -0.1) is 6.42 Å². The summed E-state index contributed by atoms with van der Waals surface area (Å²) in [7, 11) is -3.69. The SMILES string of the molecule is C#CCNS(=O)(=O)c1ccc(C(=O)OCc2c(C)noc2C)cc1. The highest BCUT2D eigenvalue weighted by Gasteiger charge is 2.16. The lowest BCUT2D eigenvalue weighted by Crippen LogP contribution is -2.23. The fraction of sp³-hybridized carbons (Fsp3) is 0.250. The Balaban J connectivity index is 2.05. The Kier molecular flexibility index (Phi) is 5.39. The Morgan fingerprint density at radius 1 is 1.33 bits per heavy atom. The Morgan fingerprint density at radius 2 is 2.00 bits per heavy atom. The summed E-state index contributed by atoms with van der Waals surface area (Å²) in [5, 5.41) is 3.78. The zero-order valence-corrected chi connectivity index (χ0v) is 14.0. The van der Waals surface area contributed by atoms with Crippen LogP contribution in [0.5, 0.6) is 0 Å². The number of aryl methyl sites for hydroxylation is 2. The normalized spacial score (nSPS) is 11.0. The molecule has 1 N–H and O–H groups in total. The van der Waals surface area contributed by atoms with Gasteiger partial charge in [0.05, 0.1) is 28.3 Å². The molecule has 0 amide bonds. The van der Waals surface area contributed by atoms with Gasteiger partial charge in [0, 0.05) is 0 Å². The van der Waals surface area contributed by atoms with Crippen LogP contribution in [0.15, 0.2) is 33.7 Å². The summed E-state index contributed by atoms with van der Waals surface area (Å²) >= 11 is 0. The van der Waals surface area contributed by atoms with E-state index in [1.165, 1.54) is 24.3 Å². The van der Waals surface area contributed by atoms with Crippen LogP contribution >= 0.6 is 0 Å². The maximum absolute atomic E-state index is 12.0. The van der Waals surface area contributed by atoms with Crippen LogP contribution in [0.25, 0.3) is 0 Å². The number of carbonyl (C=O) groups excluding carboxylic acids is 1. The van der Waals surface area contributed by atoms with Gasteiger partial charge in [0.25, 0.3) is 0 Å². The number of hydrogen-bond donors (Lipinski definition) is 1. The van der Waals surface area contributed by atoms with E-state index in [1.54, 1.807) is 13.8 Å². The molecule has 0 aliphatic carbocycles. The molecular weight excluding hydrogens is 332 g/mol. The van der Waals surface area contributed by atoms with Crippen LogP contribution in [0.3, 0.4) is 0 Å². The van der Waals surface area contributed by atoms with E-state index in [0.29, 0.717) is 17.0 Å². The molecule has 0 aliphatic heterocycles. The minimum Gasteiger partial charge on any atom is -0.457 e. The third kappa shape index (κ3) is 4.01. The van der Waals surface area contributed by atoms with Gasteiger partial charge in [-0.1, -0.05) is 11.1 Å². The number of ether oxygens (including phenoxy) is 1. The van der Waals surface area contributed by atoms with Crippen molar-refractivity contribution in [3.8, 4) is 12.3 Å². The Morgan fingerprint density at radius 3 is 2.54 bits per heavy atom. The number of hydrogen-bond acceptors (Lipinski definition) is 6. The van der Waals surface area contributed by atoms with Gasteiger partial charge in [-0.3, -0.25) is 0 Å². The van der Waals surface area contributed by atoms with E-state index in [1.807, 2.05) is 0 Å². The zero-order valence-electron chi connectivity index (χ0n) is 13.2. The molecule has 0 bridgehead atoms. The fourth-order valence-corrected chi connectivity index (χ4v) is 2.85. The van der Waals surface area contributed by atoms with Crippen LogP contribution in [0, 0.1) is 26.2 Å². The molecule has 0 saturated carbocycles. The second-order valence-electron chi connectivity index (χ2n) is 4.93. The van der Waals surface area contributed by atoms with Gasteiger partial charge >= 0.3 is 5.97 Å². The number of nitrogens with one attached hydrogen (secondary N) is 1.